The van der Waals surface area contributed by atoms with E-state index in [2.05, 4.69) is 11.4 Å². The Bertz CT molecular complexity index is 349. The van der Waals surface area contributed by atoms with Gasteiger partial charge in [0.05, 0.1) is 6.61 Å². The first-order valence-electron chi connectivity index (χ1n) is 11.2. The predicted molar refractivity (Wildman–Crippen MR) is 119 cm³/mol. The predicted octanol–water partition coefficient (Wildman–Crippen LogP) is 7.34. The van der Waals surface area contributed by atoms with E-state index in [9.17, 15) is 4.57 Å². The molecule has 1 atom stereocenters. The molecule has 0 aromatic carbocycles. The number of phosphoric acid groups is 1. The quantitative estimate of drug-likeness (QED) is 0.149. The first-order chi connectivity index (χ1) is 13.0. The molecule has 2 N–H and O–H groups in total. The van der Waals surface area contributed by atoms with Gasteiger partial charge in [-0.1, -0.05) is 104 Å². The molecular formula is C21H45O4PS. The van der Waals surface area contributed by atoms with Gasteiger partial charge >= 0.3 is 7.82 Å². The van der Waals surface area contributed by atoms with Crippen molar-refractivity contribution in [3.8, 4) is 0 Å². The lowest BCUT2D eigenvalue weighted by Gasteiger charge is -2.12. The first-order valence-corrected chi connectivity index (χ1v) is 13.9. The molecule has 4 nitrogen and oxygen atoms in total. The van der Waals surface area contributed by atoms with Gasteiger partial charge in [0.1, 0.15) is 0 Å². The third-order valence-corrected chi connectivity index (χ3v) is 6.69. The molecule has 0 bridgehead atoms. The molecule has 0 rings (SSSR count). The van der Waals surface area contributed by atoms with Gasteiger partial charge < -0.3 is 9.79 Å². The molecule has 1 unspecified atom stereocenters. The Hall–Kier alpha value is 0.460. The van der Waals surface area contributed by atoms with Crippen LogP contribution in [0.25, 0.3) is 0 Å². The molecule has 164 valence electrons. The van der Waals surface area contributed by atoms with Crippen molar-refractivity contribution >= 4 is 19.6 Å². The van der Waals surface area contributed by atoms with Crippen molar-refractivity contribution < 1.29 is 18.9 Å². The maximum Gasteiger partial charge on any atom is 0.469 e. The first kappa shape index (κ1) is 27.5. The fraction of sp³-hybridized carbons (Fsp3) is 1.00. The highest BCUT2D eigenvalue weighted by atomic mass is 32.2. The van der Waals surface area contributed by atoms with E-state index in [1.807, 2.05) is 18.7 Å². The summed E-state index contributed by atoms with van der Waals surface area (Å²) in [5, 5.41) is 0. The molecule has 0 aromatic rings. The third-order valence-electron chi connectivity index (χ3n) is 4.82. The van der Waals surface area contributed by atoms with Crippen molar-refractivity contribution in [3.05, 3.63) is 0 Å². The number of unbranched alkanes of at least 4 members (excludes halogenated alkanes) is 14. The molecule has 0 spiro atoms. The van der Waals surface area contributed by atoms with Crippen molar-refractivity contribution in [2.24, 2.45) is 5.92 Å². The van der Waals surface area contributed by atoms with Crippen LogP contribution in [0.4, 0.5) is 0 Å². The molecule has 0 aromatic heterocycles. The lowest BCUT2D eigenvalue weighted by molar-refractivity contribution is 0.178. The van der Waals surface area contributed by atoms with E-state index in [0.29, 0.717) is 0 Å². The Morgan fingerprint density at radius 3 is 1.59 bits per heavy atom. The summed E-state index contributed by atoms with van der Waals surface area (Å²) >= 11 is 1.86. The minimum Gasteiger partial charge on any atom is -0.303 e. The summed E-state index contributed by atoms with van der Waals surface area (Å²) in [4.78, 5) is 17.3. The molecular weight excluding hydrogens is 379 g/mol. The topological polar surface area (TPSA) is 66.8 Å². The van der Waals surface area contributed by atoms with E-state index < -0.39 is 7.82 Å². The molecule has 0 radical (unpaired) electrons. The van der Waals surface area contributed by atoms with Gasteiger partial charge in [-0.2, -0.15) is 11.8 Å². The van der Waals surface area contributed by atoms with Crippen molar-refractivity contribution in [3.63, 3.8) is 0 Å². The summed E-state index contributed by atoms with van der Waals surface area (Å²) in [7, 11) is -4.31. The molecule has 0 aliphatic carbocycles. The minimum absolute atomic E-state index is 0.135. The Kier molecular flexibility index (Phi) is 20.1. The van der Waals surface area contributed by atoms with E-state index in [0.717, 1.165) is 11.5 Å². The summed E-state index contributed by atoms with van der Waals surface area (Å²) < 4.78 is 15.2. The molecule has 0 saturated carbocycles. The monoisotopic (exact) mass is 424 g/mol. The van der Waals surface area contributed by atoms with Gasteiger partial charge in [0.2, 0.25) is 0 Å². The van der Waals surface area contributed by atoms with Crippen LogP contribution in [0.5, 0.6) is 0 Å². The van der Waals surface area contributed by atoms with Crippen LogP contribution in [-0.4, -0.2) is 27.9 Å². The Balaban J connectivity index is 3.13. The van der Waals surface area contributed by atoms with Crippen molar-refractivity contribution in [2.75, 3.05) is 18.1 Å². The standard InChI is InChI=1S/C21H45O4PS/c1-3-4-5-6-7-8-9-10-11-12-13-14-15-16-17-18-27-20-21(2)19-25-26(22,23)24/h21H,3-20H2,1-2H3,(H2,22,23,24). The average molecular weight is 425 g/mol. The maximum atomic E-state index is 10.6. The van der Waals surface area contributed by atoms with E-state index in [1.54, 1.807) is 0 Å². The van der Waals surface area contributed by atoms with Crippen molar-refractivity contribution in [2.45, 2.75) is 110 Å². The molecule has 0 heterocycles. The second kappa shape index (κ2) is 19.8. The zero-order chi connectivity index (χ0) is 20.2. The second-order valence-electron chi connectivity index (χ2n) is 7.92. The van der Waals surface area contributed by atoms with Crippen LogP contribution >= 0.6 is 19.6 Å². The van der Waals surface area contributed by atoms with Gasteiger partial charge in [-0.15, -0.1) is 0 Å². The molecule has 27 heavy (non-hydrogen) atoms. The molecule has 6 heteroatoms. The molecule has 0 fully saturated rings. The van der Waals surface area contributed by atoms with Crippen LogP contribution in [0.15, 0.2) is 0 Å². The van der Waals surface area contributed by atoms with E-state index >= 15 is 0 Å². The number of thioether (sulfide) groups is 1. The number of rotatable bonds is 21. The highest BCUT2D eigenvalue weighted by Crippen LogP contribution is 2.36. The maximum absolute atomic E-state index is 10.6. The van der Waals surface area contributed by atoms with Crippen LogP contribution < -0.4 is 0 Å². The van der Waals surface area contributed by atoms with Crippen molar-refractivity contribution in [1.29, 1.82) is 0 Å². The normalized spacial score (nSPS) is 13.2. The van der Waals surface area contributed by atoms with Crippen LogP contribution in [0.3, 0.4) is 0 Å². The number of phosphoric ester groups is 1. The zero-order valence-corrected chi connectivity index (χ0v) is 19.6. The Morgan fingerprint density at radius 2 is 1.19 bits per heavy atom. The highest BCUT2D eigenvalue weighted by molar-refractivity contribution is 7.99. The van der Waals surface area contributed by atoms with Gasteiger partial charge in [0.25, 0.3) is 0 Å². The molecule has 0 saturated heterocycles. The van der Waals surface area contributed by atoms with Gasteiger partial charge in [0.15, 0.2) is 0 Å². The second-order valence-corrected chi connectivity index (χ2v) is 10.3. The molecule has 0 aliphatic heterocycles. The fourth-order valence-corrected chi connectivity index (χ4v) is 4.65. The lowest BCUT2D eigenvalue weighted by atomic mass is 10.0. The summed E-state index contributed by atoms with van der Waals surface area (Å²) in [6, 6.07) is 0. The summed E-state index contributed by atoms with van der Waals surface area (Å²) in [5.41, 5.74) is 0. The average Bonchev–Trinajstić information content (AvgIpc) is 2.62. The van der Waals surface area contributed by atoms with Crippen LogP contribution in [0, 0.1) is 5.92 Å². The van der Waals surface area contributed by atoms with Crippen LogP contribution in [0.1, 0.15) is 110 Å². The summed E-state index contributed by atoms with van der Waals surface area (Å²) in [5.74, 6) is 2.22. The van der Waals surface area contributed by atoms with E-state index in [1.165, 1.54) is 96.3 Å². The largest absolute Gasteiger partial charge is 0.469 e. The third kappa shape index (κ3) is 24.4. The van der Waals surface area contributed by atoms with Crippen molar-refractivity contribution in [1.82, 2.24) is 0 Å². The van der Waals surface area contributed by atoms with E-state index in [4.69, 9.17) is 9.79 Å². The van der Waals surface area contributed by atoms with Gasteiger partial charge in [-0.25, -0.2) is 4.57 Å². The van der Waals surface area contributed by atoms with Gasteiger partial charge in [0, 0.05) is 0 Å². The fourth-order valence-electron chi connectivity index (χ4n) is 3.13. The zero-order valence-electron chi connectivity index (χ0n) is 17.9. The minimum atomic E-state index is -4.31. The Labute approximate surface area is 172 Å². The van der Waals surface area contributed by atoms with Gasteiger partial charge in [-0.3, -0.25) is 4.52 Å². The van der Waals surface area contributed by atoms with E-state index in [-0.39, 0.29) is 12.5 Å². The number of hydrogen-bond donors (Lipinski definition) is 2. The molecule has 0 amide bonds. The molecule has 0 aliphatic rings. The van der Waals surface area contributed by atoms with Crippen LogP contribution in [0.2, 0.25) is 0 Å². The lowest BCUT2D eigenvalue weighted by Crippen LogP contribution is -2.07. The smallest absolute Gasteiger partial charge is 0.303 e. The van der Waals surface area contributed by atoms with Gasteiger partial charge in [-0.05, 0) is 23.8 Å². The SMILES string of the molecule is CCCCCCCCCCCCCCCCCSCC(C)COP(=O)(O)O. The summed E-state index contributed by atoms with van der Waals surface area (Å²) in [6.45, 7) is 4.38. The number of hydrogen-bond acceptors (Lipinski definition) is 3. The summed E-state index contributed by atoms with van der Waals surface area (Å²) in [6.07, 6.45) is 20.8. The highest BCUT2D eigenvalue weighted by Gasteiger charge is 2.15. The Morgan fingerprint density at radius 1 is 0.778 bits per heavy atom. The van der Waals surface area contributed by atoms with Crippen LogP contribution in [-0.2, 0) is 9.09 Å².